The van der Waals surface area contributed by atoms with E-state index < -0.39 is 0 Å². The molecule has 0 saturated carbocycles. The van der Waals surface area contributed by atoms with Gasteiger partial charge in [0, 0.05) is 23.6 Å². The number of phenolic OH excluding ortho intramolecular Hbond substituents is 1. The van der Waals surface area contributed by atoms with Gasteiger partial charge in [-0.15, -0.1) is 0 Å². The minimum Gasteiger partial charge on any atom is -0.508 e. The topological polar surface area (TPSA) is 48.4 Å². The lowest BCUT2D eigenvalue weighted by Gasteiger charge is -2.18. The highest BCUT2D eigenvalue weighted by Crippen LogP contribution is 2.34. The number of aromatic nitrogens is 1. The lowest BCUT2D eigenvalue weighted by molar-refractivity contribution is 0.459. The Labute approximate surface area is 93.8 Å². The van der Waals surface area contributed by atoms with Crippen molar-refractivity contribution in [3.8, 4) is 5.75 Å². The maximum Gasteiger partial charge on any atom is 0.119 e. The van der Waals surface area contributed by atoms with Gasteiger partial charge in [0.2, 0.25) is 0 Å². The number of benzene rings is 1. The molecule has 0 saturated heterocycles. The molecule has 3 heteroatoms. The molecule has 2 aromatic rings. The zero-order valence-corrected chi connectivity index (χ0v) is 8.98. The number of rotatable bonds is 1. The molecule has 2 N–H and O–H groups in total. The van der Waals surface area contributed by atoms with Crippen molar-refractivity contribution in [3.63, 3.8) is 0 Å². The second-order valence-electron chi connectivity index (χ2n) is 4.29. The van der Waals surface area contributed by atoms with Crippen molar-refractivity contribution in [2.75, 3.05) is 6.54 Å². The molecule has 0 spiro atoms. The van der Waals surface area contributed by atoms with Crippen LogP contribution in [0.5, 0.6) is 5.75 Å². The maximum absolute atomic E-state index is 10.0. The van der Waals surface area contributed by atoms with E-state index >= 15 is 0 Å². The van der Waals surface area contributed by atoms with Gasteiger partial charge in [-0.05, 0) is 48.7 Å². The summed E-state index contributed by atoms with van der Waals surface area (Å²) in [6.07, 6.45) is 5.82. The standard InChI is InChI=1S/C13H14N2O/c16-13-7-10-3-6-15-12(10)8-11(13)9-1-4-14-5-2-9/h3-4,6-9,15-16H,1-2,5H2. The summed E-state index contributed by atoms with van der Waals surface area (Å²) < 4.78 is 0. The van der Waals surface area contributed by atoms with Crippen molar-refractivity contribution in [1.82, 2.24) is 4.98 Å². The normalized spacial score (nSPS) is 20.4. The van der Waals surface area contributed by atoms with Gasteiger partial charge in [0.05, 0.1) is 0 Å². The van der Waals surface area contributed by atoms with E-state index in [1.165, 1.54) is 0 Å². The van der Waals surface area contributed by atoms with E-state index in [1.54, 1.807) is 0 Å². The van der Waals surface area contributed by atoms with Crippen LogP contribution in [0.4, 0.5) is 0 Å². The van der Waals surface area contributed by atoms with Gasteiger partial charge < -0.3 is 10.1 Å². The summed E-state index contributed by atoms with van der Waals surface area (Å²) >= 11 is 0. The van der Waals surface area contributed by atoms with Crippen molar-refractivity contribution >= 4 is 17.1 Å². The van der Waals surface area contributed by atoms with Crippen LogP contribution in [-0.4, -0.2) is 22.8 Å². The van der Waals surface area contributed by atoms with E-state index in [9.17, 15) is 5.11 Å². The van der Waals surface area contributed by atoms with Crippen LogP contribution in [0.1, 0.15) is 24.3 Å². The van der Waals surface area contributed by atoms with Gasteiger partial charge in [0.25, 0.3) is 0 Å². The first kappa shape index (κ1) is 9.46. The SMILES string of the molecule is Oc1cc2cc[nH]c2cc1C1CC=NCC1. The van der Waals surface area contributed by atoms with Crippen molar-refractivity contribution in [1.29, 1.82) is 0 Å². The molecule has 1 atom stereocenters. The lowest BCUT2D eigenvalue weighted by atomic mass is 9.90. The fourth-order valence-corrected chi connectivity index (χ4v) is 2.36. The molecule has 16 heavy (non-hydrogen) atoms. The number of fused-ring (bicyclic) bond motifs is 1. The van der Waals surface area contributed by atoms with Crippen LogP contribution in [0, 0.1) is 0 Å². The van der Waals surface area contributed by atoms with E-state index in [0.29, 0.717) is 11.7 Å². The first-order valence-corrected chi connectivity index (χ1v) is 5.63. The highest BCUT2D eigenvalue weighted by atomic mass is 16.3. The number of aromatic hydroxyl groups is 1. The van der Waals surface area contributed by atoms with Crippen LogP contribution in [0.3, 0.4) is 0 Å². The average Bonchev–Trinajstić information content (AvgIpc) is 2.76. The van der Waals surface area contributed by atoms with Crippen molar-refractivity contribution in [2.24, 2.45) is 4.99 Å². The Kier molecular flexibility index (Phi) is 2.17. The predicted molar refractivity (Wildman–Crippen MR) is 65.3 cm³/mol. The molecule has 1 aliphatic heterocycles. The molecule has 0 aliphatic carbocycles. The largest absolute Gasteiger partial charge is 0.508 e. The summed E-state index contributed by atoms with van der Waals surface area (Å²) in [5, 5.41) is 11.1. The second-order valence-corrected chi connectivity index (χ2v) is 4.29. The Morgan fingerprint density at radius 3 is 3.12 bits per heavy atom. The Hall–Kier alpha value is -1.77. The number of phenols is 1. The molecule has 2 heterocycles. The summed E-state index contributed by atoms with van der Waals surface area (Å²) in [7, 11) is 0. The van der Waals surface area contributed by atoms with Gasteiger partial charge in [-0.25, -0.2) is 0 Å². The number of hydrogen-bond acceptors (Lipinski definition) is 2. The number of hydrogen-bond donors (Lipinski definition) is 2. The molecular formula is C13H14N2O. The summed E-state index contributed by atoms with van der Waals surface area (Å²) in [5.41, 5.74) is 2.14. The number of H-pyrrole nitrogens is 1. The second kappa shape index (κ2) is 3.67. The molecule has 1 aromatic heterocycles. The van der Waals surface area contributed by atoms with Crippen LogP contribution >= 0.6 is 0 Å². The van der Waals surface area contributed by atoms with Gasteiger partial charge in [-0.1, -0.05) is 0 Å². The summed E-state index contributed by atoms with van der Waals surface area (Å²) in [6, 6.07) is 5.88. The average molecular weight is 214 g/mol. The molecule has 0 bridgehead atoms. The van der Waals surface area contributed by atoms with E-state index in [2.05, 4.69) is 16.0 Å². The molecular weight excluding hydrogens is 200 g/mol. The van der Waals surface area contributed by atoms with Gasteiger partial charge in [0.15, 0.2) is 0 Å². The molecule has 0 fully saturated rings. The van der Waals surface area contributed by atoms with Crippen LogP contribution in [0.15, 0.2) is 29.4 Å². The van der Waals surface area contributed by atoms with Gasteiger partial charge in [-0.3, -0.25) is 4.99 Å². The third-order valence-corrected chi connectivity index (χ3v) is 3.27. The van der Waals surface area contributed by atoms with Crippen LogP contribution in [0.25, 0.3) is 10.9 Å². The fraction of sp³-hybridized carbons (Fsp3) is 0.308. The number of aliphatic imine (C=N–C) groups is 1. The Morgan fingerprint density at radius 2 is 2.31 bits per heavy atom. The number of nitrogens with one attached hydrogen (secondary N) is 1. The number of aromatic amines is 1. The zero-order chi connectivity index (χ0) is 11.0. The molecule has 1 aromatic carbocycles. The summed E-state index contributed by atoms with van der Waals surface area (Å²) in [6.45, 7) is 0.868. The first-order valence-electron chi connectivity index (χ1n) is 5.63. The summed E-state index contributed by atoms with van der Waals surface area (Å²) in [4.78, 5) is 7.40. The third kappa shape index (κ3) is 1.48. The van der Waals surface area contributed by atoms with E-state index in [1.807, 2.05) is 24.5 Å². The van der Waals surface area contributed by atoms with E-state index in [0.717, 1.165) is 35.9 Å². The quantitative estimate of drug-likeness (QED) is 0.753. The maximum atomic E-state index is 10.0. The highest BCUT2D eigenvalue weighted by Gasteiger charge is 2.17. The summed E-state index contributed by atoms with van der Waals surface area (Å²) in [5.74, 6) is 0.817. The van der Waals surface area contributed by atoms with Crippen molar-refractivity contribution in [3.05, 3.63) is 30.0 Å². The minimum absolute atomic E-state index is 0.408. The van der Waals surface area contributed by atoms with Crippen LogP contribution < -0.4 is 0 Å². The molecule has 1 unspecified atom stereocenters. The highest BCUT2D eigenvalue weighted by molar-refractivity contribution is 5.82. The number of nitrogens with zero attached hydrogens (tertiary/aromatic N) is 1. The molecule has 1 aliphatic rings. The van der Waals surface area contributed by atoms with Crippen molar-refractivity contribution < 1.29 is 5.11 Å². The van der Waals surface area contributed by atoms with Crippen molar-refractivity contribution in [2.45, 2.75) is 18.8 Å². The van der Waals surface area contributed by atoms with Gasteiger partial charge in [0.1, 0.15) is 5.75 Å². The third-order valence-electron chi connectivity index (χ3n) is 3.27. The van der Waals surface area contributed by atoms with Gasteiger partial charge in [-0.2, -0.15) is 0 Å². The molecule has 0 radical (unpaired) electrons. The van der Waals surface area contributed by atoms with E-state index in [-0.39, 0.29) is 0 Å². The Morgan fingerprint density at radius 1 is 1.38 bits per heavy atom. The first-order chi connectivity index (χ1) is 7.84. The van der Waals surface area contributed by atoms with E-state index in [4.69, 9.17) is 0 Å². The zero-order valence-electron chi connectivity index (χ0n) is 8.98. The smallest absolute Gasteiger partial charge is 0.119 e. The molecule has 0 amide bonds. The molecule has 3 rings (SSSR count). The lowest BCUT2D eigenvalue weighted by Crippen LogP contribution is -2.06. The van der Waals surface area contributed by atoms with Gasteiger partial charge >= 0.3 is 0 Å². The Balaban J connectivity index is 2.07. The monoisotopic (exact) mass is 214 g/mol. The van der Waals surface area contributed by atoms with Crippen LogP contribution in [-0.2, 0) is 0 Å². The Bertz CT molecular complexity index is 542. The van der Waals surface area contributed by atoms with Crippen LogP contribution in [0.2, 0.25) is 0 Å². The molecule has 82 valence electrons. The minimum atomic E-state index is 0.408. The predicted octanol–water partition coefficient (Wildman–Crippen LogP) is 2.82. The fourth-order valence-electron chi connectivity index (χ4n) is 2.36. The molecule has 3 nitrogen and oxygen atoms in total.